The maximum absolute atomic E-state index is 13.3. The zero-order valence-corrected chi connectivity index (χ0v) is 20.9. The van der Waals surface area contributed by atoms with Gasteiger partial charge in [-0.25, -0.2) is 4.79 Å². The molecule has 4 rings (SSSR count). The number of piperidine rings is 1. The molecule has 34 heavy (non-hydrogen) atoms. The van der Waals surface area contributed by atoms with Gasteiger partial charge in [0.05, 0.1) is 25.2 Å². The number of carbonyl (C=O) groups is 2. The van der Waals surface area contributed by atoms with Crippen molar-refractivity contribution >= 4 is 23.3 Å². The SMILES string of the molecule is CCOC(=O)NC(CCN1CCC2(CC1)CCN(Cc1ccc(OC)cc1)C2=O)c1cccs1. The molecular formula is C26H35N3O4S. The van der Waals surface area contributed by atoms with Crippen molar-refractivity contribution in [2.75, 3.05) is 39.9 Å². The molecule has 0 aliphatic carbocycles. The van der Waals surface area contributed by atoms with Crippen molar-refractivity contribution in [3.63, 3.8) is 0 Å². The molecule has 2 fully saturated rings. The van der Waals surface area contributed by atoms with E-state index in [0.717, 1.165) is 68.1 Å². The molecule has 0 bridgehead atoms. The van der Waals surface area contributed by atoms with Gasteiger partial charge >= 0.3 is 6.09 Å². The van der Waals surface area contributed by atoms with Crippen LogP contribution in [0.4, 0.5) is 4.79 Å². The second-order valence-corrected chi connectivity index (χ2v) is 10.1. The topological polar surface area (TPSA) is 71.1 Å². The summed E-state index contributed by atoms with van der Waals surface area (Å²) in [5.41, 5.74) is 0.927. The first kappa shape index (κ1) is 24.5. The van der Waals surface area contributed by atoms with Crippen LogP contribution in [0.5, 0.6) is 5.75 Å². The number of carbonyl (C=O) groups excluding carboxylic acids is 2. The van der Waals surface area contributed by atoms with Crippen LogP contribution in [0.25, 0.3) is 0 Å². The molecule has 3 heterocycles. The summed E-state index contributed by atoms with van der Waals surface area (Å²) in [7, 11) is 1.66. The van der Waals surface area contributed by atoms with E-state index in [-0.39, 0.29) is 17.6 Å². The highest BCUT2D eigenvalue weighted by Crippen LogP contribution is 2.42. The number of ether oxygens (including phenoxy) is 2. The summed E-state index contributed by atoms with van der Waals surface area (Å²) in [5, 5.41) is 5.04. The Kier molecular flexibility index (Phi) is 8.11. The van der Waals surface area contributed by atoms with Crippen LogP contribution < -0.4 is 10.1 Å². The van der Waals surface area contributed by atoms with Crippen LogP contribution in [-0.2, 0) is 16.1 Å². The molecule has 1 unspecified atom stereocenters. The maximum atomic E-state index is 13.3. The lowest BCUT2D eigenvalue weighted by atomic mass is 9.77. The minimum atomic E-state index is -0.369. The summed E-state index contributed by atoms with van der Waals surface area (Å²) >= 11 is 1.65. The number of thiophene rings is 1. The predicted octanol–water partition coefficient (Wildman–Crippen LogP) is 4.45. The molecule has 1 aromatic carbocycles. The summed E-state index contributed by atoms with van der Waals surface area (Å²) in [6.07, 6.45) is 3.20. The highest BCUT2D eigenvalue weighted by molar-refractivity contribution is 7.10. The lowest BCUT2D eigenvalue weighted by Crippen LogP contribution is -2.45. The van der Waals surface area contributed by atoms with Crippen LogP contribution >= 0.6 is 11.3 Å². The van der Waals surface area contributed by atoms with Gasteiger partial charge in [0.15, 0.2) is 0 Å². The first-order valence-electron chi connectivity index (χ1n) is 12.1. The fourth-order valence-corrected chi connectivity index (χ4v) is 5.88. The van der Waals surface area contributed by atoms with Gasteiger partial charge in [-0.2, -0.15) is 0 Å². The molecule has 1 atom stereocenters. The molecule has 1 aromatic heterocycles. The number of amides is 2. The zero-order chi connectivity index (χ0) is 24.0. The van der Waals surface area contributed by atoms with E-state index in [9.17, 15) is 9.59 Å². The molecule has 0 radical (unpaired) electrons. The molecule has 1 N–H and O–H groups in total. The van der Waals surface area contributed by atoms with Crippen molar-refractivity contribution in [1.82, 2.24) is 15.1 Å². The smallest absolute Gasteiger partial charge is 0.407 e. The summed E-state index contributed by atoms with van der Waals surface area (Å²) < 4.78 is 10.3. The van der Waals surface area contributed by atoms with Gasteiger partial charge in [0, 0.05) is 24.5 Å². The Morgan fingerprint density at radius 3 is 2.53 bits per heavy atom. The van der Waals surface area contributed by atoms with Gasteiger partial charge < -0.3 is 24.6 Å². The fraction of sp³-hybridized carbons (Fsp3) is 0.538. The van der Waals surface area contributed by atoms with Gasteiger partial charge in [-0.1, -0.05) is 18.2 Å². The van der Waals surface area contributed by atoms with Gasteiger partial charge in [-0.15, -0.1) is 11.3 Å². The van der Waals surface area contributed by atoms with E-state index in [4.69, 9.17) is 9.47 Å². The number of benzene rings is 1. The van der Waals surface area contributed by atoms with Crippen LogP contribution in [0.3, 0.4) is 0 Å². The number of nitrogens with one attached hydrogen (secondary N) is 1. The van der Waals surface area contributed by atoms with E-state index in [1.807, 2.05) is 47.5 Å². The van der Waals surface area contributed by atoms with Gasteiger partial charge in [0.1, 0.15) is 5.75 Å². The van der Waals surface area contributed by atoms with Gasteiger partial charge in [0.25, 0.3) is 0 Å². The van der Waals surface area contributed by atoms with Crippen molar-refractivity contribution in [3.05, 3.63) is 52.2 Å². The van der Waals surface area contributed by atoms with Crippen LogP contribution in [-0.4, -0.2) is 61.7 Å². The first-order valence-corrected chi connectivity index (χ1v) is 13.0. The molecule has 7 nitrogen and oxygen atoms in total. The standard InChI is InChI=1S/C26H35N3O4S/c1-3-33-25(31)27-22(23-5-4-18-34-23)10-14-28-15-11-26(12-16-28)13-17-29(24(26)30)19-20-6-8-21(32-2)9-7-20/h4-9,18,22H,3,10-17,19H2,1-2H3,(H,27,31). The predicted molar refractivity (Wildman–Crippen MR) is 133 cm³/mol. The number of methoxy groups -OCH3 is 1. The van der Waals surface area contributed by atoms with Crippen LogP contribution in [0.2, 0.25) is 0 Å². The molecule has 2 saturated heterocycles. The Morgan fingerprint density at radius 2 is 1.88 bits per heavy atom. The lowest BCUT2D eigenvalue weighted by Gasteiger charge is -2.38. The summed E-state index contributed by atoms with van der Waals surface area (Å²) in [6.45, 7) is 6.38. The number of likely N-dealkylation sites (tertiary alicyclic amines) is 2. The molecule has 2 aliphatic heterocycles. The maximum Gasteiger partial charge on any atom is 0.407 e. The van der Waals surface area contributed by atoms with Gasteiger partial charge in [-0.3, -0.25) is 4.79 Å². The Labute approximate surface area is 206 Å². The Balaban J connectivity index is 1.28. The minimum absolute atomic E-state index is 0.0527. The van der Waals surface area contributed by atoms with Crippen molar-refractivity contribution < 1.29 is 19.1 Å². The van der Waals surface area contributed by atoms with E-state index >= 15 is 0 Å². The number of rotatable bonds is 9. The molecule has 1 spiro atoms. The van der Waals surface area contributed by atoms with E-state index in [1.165, 1.54) is 0 Å². The third kappa shape index (κ3) is 5.73. The van der Waals surface area contributed by atoms with Crippen LogP contribution in [0.1, 0.15) is 49.1 Å². The molecule has 8 heteroatoms. The Hall–Kier alpha value is -2.58. The fourth-order valence-electron chi connectivity index (χ4n) is 5.07. The zero-order valence-electron chi connectivity index (χ0n) is 20.1. The second-order valence-electron chi connectivity index (χ2n) is 9.17. The molecule has 2 aliphatic rings. The van der Waals surface area contributed by atoms with Crippen molar-refractivity contribution in [3.8, 4) is 5.75 Å². The molecular weight excluding hydrogens is 450 g/mol. The summed E-state index contributed by atoms with van der Waals surface area (Å²) in [6, 6.07) is 12.0. The minimum Gasteiger partial charge on any atom is -0.497 e. The van der Waals surface area contributed by atoms with E-state index < -0.39 is 0 Å². The highest BCUT2D eigenvalue weighted by Gasteiger charge is 2.47. The number of alkyl carbamates (subject to hydrolysis) is 1. The lowest BCUT2D eigenvalue weighted by molar-refractivity contribution is -0.138. The number of nitrogens with zero attached hydrogens (tertiary/aromatic N) is 2. The largest absolute Gasteiger partial charge is 0.497 e. The Morgan fingerprint density at radius 1 is 1.15 bits per heavy atom. The highest BCUT2D eigenvalue weighted by atomic mass is 32.1. The van der Waals surface area contributed by atoms with E-state index in [1.54, 1.807) is 18.4 Å². The third-order valence-electron chi connectivity index (χ3n) is 7.13. The van der Waals surface area contributed by atoms with Crippen molar-refractivity contribution in [2.45, 2.75) is 45.2 Å². The summed E-state index contributed by atoms with van der Waals surface area (Å²) in [5.74, 6) is 1.14. The molecule has 2 amide bonds. The Bertz CT molecular complexity index is 939. The van der Waals surface area contributed by atoms with Crippen molar-refractivity contribution in [1.29, 1.82) is 0 Å². The quantitative estimate of drug-likeness (QED) is 0.568. The second kappa shape index (κ2) is 11.2. The van der Waals surface area contributed by atoms with E-state index in [2.05, 4.69) is 16.3 Å². The monoisotopic (exact) mass is 485 g/mol. The third-order valence-corrected chi connectivity index (χ3v) is 8.12. The average Bonchev–Trinajstić information content (AvgIpc) is 3.49. The van der Waals surface area contributed by atoms with Crippen molar-refractivity contribution in [2.24, 2.45) is 5.41 Å². The van der Waals surface area contributed by atoms with Crippen LogP contribution in [0, 0.1) is 5.41 Å². The number of hydrogen-bond acceptors (Lipinski definition) is 6. The molecule has 184 valence electrons. The van der Waals surface area contributed by atoms with Gasteiger partial charge in [-0.05, 0) is 74.8 Å². The first-order chi connectivity index (χ1) is 16.5. The molecule has 0 saturated carbocycles. The van der Waals surface area contributed by atoms with Gasteiger partial charge in [0.2, 0.25) is 5.91 Å². The average molecular weight is 486 g/mol. The molecule has 2 aromatic rings. The normalized spacial score (nSPS) is 18.8. The van der Waals surface area contributed by atoms with Crippen LogP contribution in [0.15, 0.2) is 41.8 Å². The number of hydrogen-bond donors (Lipinski definition) is 1. The summed E-state index contributed by atoms with van der Waals surface area (Å²) in [4.78, 5) is 30.9. The van der Waals surface area contributed by atoms with E-state index in [0.29, 0.717) is 19.1 Å².